The Balaban J connectivity index is 1.65. The minimum Gasteiger partial charge on any atom is -0.348 e. The van der Waals surface area contributed by atoms with Crippen LogP contribution in [0.2, 0.25) is 0 Å². The average molecular weight is 259 g/mol. The van der Waals surface area contributed by atoms with Gasteiger partial charge in [-0.3, -0.25) is 14.7 Å². The van der Waals surface area contributed by atoms with E-state index in [4.69, 9.17) is 0 Å². The molecule has 0 radical (unpaired) electrons. The number of amides is 1. The molecule has 3 heterocycles. The zero-order valence-corrected chi connectivity index (χ0v) is 11.4. The number of carbonyl (C=O) groups excluding carboxylic acids is 1. The molecule has 2 aliphatic rings. The first-order valence-electron chi connectivity index (χ1n) is 7.21. The lowest BCUT2D eigenvalue weighted by Crippen LogP contribution is -2.46. The van der Waals surface area contributed by atoms with Gasteiger partial charge in [-0.1, -0.05) is 6.42 Å². The molecule has 0 spiro atoms. The Hall–Kier alpha value is -1.42. The van der Waals surface area contributed by atoms with Crippen molar-refractivity contribution in [3.8, 4) is 0 Å². The first kappa shape index (κ1) is 12.6. The number of pyridine rings is 1. The minimum atomic E-state index is 0.0184. The maximum Gasteiger partial charge on any atom is 0.253 e. The number of piperidine rings is 1. The molecule has 1 N–H and O–H groups in total. The summed E-state index contributed by atoms with van der Waals surface area (Å²) in [5.41, 5.74) is 1.61. The van der Waals surface area contributed by atoms with Gasteiger partial charge in [0.1, 0.15) is 0 Å². The monoisotopic (exact) mass is 259 g/mol. The fraction of sp³-hybridized carbons (Fsp3) is 0.600. The summed E-state index contributed by atoms with van der Waals surface area (Å²) < 4.78 is 0. The molecule has 1 amide bonds. The summed E-state index contributed by atoms with van der Waals surface area (Å²) in [4.78, 5) is 18.9. The van der Waals surface area contributed by atoms with Crippen LogP contribution in [0.3, 0.4) is 0 Å². The molecule has 2 fully saturated rings. The highest BCUT2D eigenvalue weighted by Crippen LogP contribution is 2.27. The van der Waals surface area contributed by atoms with E-state index >= 15 is 0 Å². The van der Waals surface area contributed by atoms with Crippen LogP contribution in [-0.4, -0.2) is 41.0 Å². The maximum absolute atomic E-state index is 12.2. The Morgan fingerprint density at radius 3 is 3.00 bits per heavy atom. The van der Waals surface area contributed by atoms with Gasteiger partial charge in [-0.2, -0.15) is 0 Å². The third-order valence-electron chi connectivity index (χ3n) is 4.35. The third-order valence-corrected chi connectivity index (χ3v) is 4.35. The molecule has 2 unspecified atom stereocenters. The predicted octanol–water partition coefficient (Wildman–Crippen LogP) is 1.75. The number of nitrogens with one attached hydrogen (secondary N) is 1. The topological polar surface area (TPSA) is 45.2 Å². The molecule has 0 aromatic carbocycles. The van der Waals surface area contributed by atoms with Crippen molar-refractivity contribution < 1.29 is 4.79 Å². The van der Waals surface area contributed by atoms with Gasteiger partial charge in [-0.25, -0.2) is 0 Å². The first-order chi connectivity index (χ1) is 9.24. The number of aryl methyl sites for hydroxylation is 1. The molecule has 19 heavy (non-hydrogen) atoms. The van der Waals surface area contributed by atoms with Gasteiger partial charge < -0.3 is 5.32 Å². The molecule has 4 nitrogen and oxygen atoms in total. The van der Waals surface area contributed by atoms with E-state index in [-0.39, 0.29) is 5.91 Å². The van der Waals surface area contributed by atoms with Crippen molar-refractivity contribution in [2.24, 2.45) is 0 Å². The second-order valence-electron chi connectivity index (χ2n) is 5.66. The third kappa shape index (κ3) is 2.63. The molecule has 4 heteroatoms. The summed E-state index contributed by atoms with van der Waals surface area (Å²) in [7, 11) is 0. The normalized spacial score (nSPS) is 27.0. The number of hydrogen-bond donors (Lipinski definition) is 1. The Morgan fingerprint density at radius 2 is 2.21 bits per heavy atom. The summed E-state index contributed by atoms with van der Waals surface area (Å²) in [5.74, 6) is 0.0184. The van der Waals surface area contributed by atoms with Crippen LogP contribution in [0.1, 0.15) is 41.7 Å². The lowest BCUT2D eigenvalue weighted by molar-refractivity contribution is 0.0915. The number of fused-ring (bicyclic) bond motifs is 1. The van der Waals surface area contributed by atoms with Crippen molar-refractivity contribution >= 4 is 5.91 Å². The molecular weight excluding hydrogens is 238 g/mol. The molecule has 1 aromatic heterocycles. The van der Waals surface area contributed by atoms with E-state index in [2.05, 4.69) is 15.2 Å². The molecule has 0 saturated carbocycles. The van der Waals surface area contributed by atoms with Crippen LogP contribution in [0.15, 0.2) is 18.3 Å². The Kier molecular flexibility index (Phi) is 3.51. The van der Waals surface area contributed by atoms with Crippen LogP contribution in [0.5, 0.6) is 0 Å². The number of rotatable bonds is 2. The second kappa shape index (κ2) is 5.29. The zero-order chi connectivity index (χ0) is 13.2. The molecule has 1 aromatic rings. The second-order valence-corrected chi connectivity index (χ2v) is 5.66. The van der Waals surface area contributed by atoms with E-state index in [0.717, 1.165) is 18.7 Å². The Labute approximate surface area is 114 Å². The predicted molar refractivity (Wildman–Crippen MR) is 74.1 cm³/mol. The number of nitrogens with zero attached hydrogens (tertiary/aromatic N) is 2. The van der Waals surface area contributed by atoms with Crippen molar-refractivity contribution in [3.63, 3.8) is 0 Å². The van der Waals surface area contributed by atoms with Gasteiger partial charge in [0.2, 0.25) is 0 Å². The number of carbonyl (C=O) groups is 1. The average Bonchev–Trinajstić information content (AvgIpc) is 2.83. The van der Waals surface area contributed by atoms with Gasteiger partial charge in [0, 0.05) is 30.5 Å². The van der Waals surface area contributed by atoms with E-state index in [1.165, 1.54) is 25.8 Å². The molecule has 2 atom stereocenters. The van der Waals surface area contributed by atoms with E-state index in [9.17, 15) is 4.79 Å². The largest absolute Gasteiger partial charge is 0.348 e. The molecule has 102 valence electrons. The van der Waals surface area contributed by atoms with Gasteiger partial charge in [-0.05, 0) is 44.9 Å². The smallest absolute Gasteiger partial charge is 0.253 e. The maximum atomic E-state index is 12.2. The van der Waals surface area contributed by atoms with Gasteiger partial charge >= 0.3 is 0 Å². The molecule has 2 saturated heterocycles. The van der Waals surface area contributed by atoms with Crippen molar-refractivity contribution in [2.75, 3.05) is 13.1 Å². The van der Waals surface area contributed by atoms with Crippen LogP contribution < -0.4 is 5.32 Å². The zero-order valence-electron chi connectivity index (χ0n) is 11.4. The van der Waals surface area contributed by atoms with Gasteiger partial charge in [0.15, 0.2) is 0 Å². The van der Waals surface area contributed by atoms with Crippen LogP contribution in [0.4, 0.5) is 0 Å². The van der Waals surface area contributed by atoms with E-state index in [1.54, 1.807) is 6.20 Å². The van der Waals surface area contributed by atoms with Gasteiger partial charge in [0.25, 0.3) is 5.91 Å². The fourth-order valence-corrected chi connectivity index (χ4v) is 3.27. The Morgan fingerprint density at radius 1 is 1.32 bits per heavy atom. The van der Waals surface area contributed by atoms with Crippen LogP contribution in [0.25, 0.3) is 0 Å². The molecule has 2 aliphatic heterocycles. The summed E-state index contributed by atoms with van der Waals surface area (Å²) in [6, 6.07) is 4.60. The summed E-state index contributed by atoms with van der Waals surface area (Å²) >= 11 is 0. The van der Waals surface area contributed by atoms with Gasteiger partial charge in [0.05, 0.1) is 5.56 Å². The van der Waals surface area contributed by atoms with E-state index in [1.807, 2.05) is 19.1 Å². The highest BCUT2D eigenvalue weighted by molar-refractivity contribution is 5.94. The van der Waals surface area contributed by atoms with E-state index < -0.39 is 0 Å². The van der Waals surface area contributed by atoms with Crippen molar-refractivity contribution in [2.45, 2.75) is 44.7 Å². The first-order valence-corrected chi connectivity index (χ1v) is 7.21. The van der Waals surface area contributed by atoms with Gasteiger partial charge in [-0.15, -0.1) is 0 Å². The van der Waals surface area contributed by atoms with Crippen LogP contribution >= 0.6 is 0 Å². The molecule has 3 rings (SSSR count). The number of hydrogen-bond acceptors (Lipinski definition) is 3. The molecule has 0 bridgehead atoms. The number of aromatic nitrogens is 1. The van der Waals surface area contributed by atoms with E-state index in [0.29, 0.717) is 17.6 Å². The lowest BCUT2D eigenvalue weighted by atomic mass is 9.99. The highest BCUT2D eigenvalue weighted by atomic mass is 16.1. The highest BCUT2D eigenvalue weighted by Gasteiger charge is 2.36. The molecule has 0 aliphatic carbocycles. The fourth-order valence-electron chi connectivity index (χ4n) is 3.27. The summed E-state index contributed by atoms with van der Waals surface area (Å²) in [6.07, 6.45) is 6.56. The SMILES string of the molecule is Cc1ccc(C(=O)NC2CCN3CCCCC23)cn1. The standard InChI is InChI=1S/C15H21N3O/c1-11-5-6-12(10-16-11)15(19)17-13-7-9-18-8-3-2-4-14(13)18/h5-6,10,13-14H,2-4,7-9H2,1H3,(H,17,19). The van der Waals surface area contributed by atoms with Crippen molar-refractivity contribution in [1.29, 1.82) is 0 Å². The Bertz CT molecular complexity index is 457. The van der Waals surface area contributed by atoms with Crippen molar-refractivity contribution in [1.82, 2.24) is 15.2 Å². The quantitative estimate of drug-likeness (QED) is 0.880. The molecular formula is C15H21N3O. The van der Waals surface area contributed by atoms with Crippen molar-refractivity contribution in [3.05, 3.63) is 29.6 Å². The minimum absolute atomic E-state index is 0.0184. The van der Waals surface area contributed by atoms with Crippen LogP contribution in [0, 0.1) is 6.92 Å². The summed E-state index contributed by atoms with van der Waals surface area (Å²) in [6.45, 7) is 4.25. The summed E-state index contributed by atoms with van der Waals surface area (Å²) in [5, 5.41) is 3.19. The lowest BCUT2D eigenvalue weighted by Gasteiger charge is -2.32. The van der Waals surface area contributed by atoms with Crippen LogP contribution in [-0.2, 0) is 0 Å².